The number of hydrogen-bond acceptors (Lipinski definition) is 6. The normalized spacial score (nSPS) is 10.6. The molecule has 150 valence electrons. The highest BCUT2D eigenvalue weighted by Crippen LogP contribution is 2.17. The first-order valence-electron chi connectivity index (χ1n) is 9.40. The van der Waals surface area contributed by atoms with Gasteiger partial charge in [-0.05, 0) is 56.1 Å². The van der Waals surface area contributed by atoms with E-state index in [-0.39, 0.29) is 11.6 Å². The summed E-state index contributed by atoms with van der Waals surface area (Å²) < 4.78 is 5.75. The Morgan fingerprint density at radius 3 is 2.38 bits per heavy atom. The number of nitrogens with one attached hydrogen (secondary N) is 2. The van der Waals surface area contributed by atoms with E-state index in [9.17, 15) is 4.79 Å². The van der Waals surface area contributed by atoms with Gasteiger partial charge in [-0.15, -0.1) is 10.2 Å². The van der Waals surface area contributed by atoms with Crippen LogP contribution >= 0.6 is 0 Å². The number of rotatable bonds is 9. The molecule has 0 atom stereocenters. The lowest BCUT2D eigenvalue weighted by Gasteiger charge is -2.10. The van der Waals surface area contributed by atoms with Gasteiger partial charge in [0.2, 0.25) is 0 Å². The van der Waals surface area contributed by atoms with E-state index in [2.05, 4.69) is 25.7 Å². The fraction of sp³-hybridized carbons (Fsp3) is 0.227. The number of amides is 1. The molecule has 0 bridgehead atoms. The SMILES string of the molecule is CN(C)CCNc1ccc(C(=O)Nc2ccc(OCc3ccccc3)cc2)nn1. The molecule has 1 aromatic heterocycles. The first-order chi connectivity index (χ1) is 14.1. The van der Waals surface area contributed by atoms with Crippen LogP contribution in [-0.4, -0.2) is 48.2 Å². The highest BCUT2D eigenvalue weighted by Gasteiger charge is 2.09. The summed E-state index contributed by atoms with van der Waals surface area (Å²) in [7, 11) is 4.01. The first kappa shape index (κ1) is 20.3. The van der Waals surface area contributed by atoms with Gasteiger partial charge >= 0.3 is 0 Å². The number of anilines is 2. The van der Waals surface area contributed by atoms with Gasteiger partial charge in [0.1, 0.15) is 18.2 Å². The maximum atomic E-state index is 12.4. The molecule has 7 heteroatoms. The van der Waals surface area contributed by atoms with Gasteiger partial charge in [0.05, 0.1) is 0 Å². The van der Waals surface area contributed by atoms with Gasteiger partial charge < -0.3 is 20.3 Å². The molecule has 7 nitrogen and oxygen atoms in total. The Bertz CT molecular complexity index is 897. The van der Waals surface area contributed by atoms with E-state index in [0.29, 0.717) is 18.1 Å². The van der Waals surface area contributed by atoms with Crippen LogP contribution in [0.4, 0.5) is 11.5 Å². The molecular formula is C22H25N5O2. The zero-order chi connectivity index (χ0) is 20.5. The molecule has 2 N–H and O–H groups in total. The average molecular weight is 391 g/mol. The van der Waals surface area contributed by atoms with Crippen LogP contribution in [0.15, 0.2) is 66.7 Å². The maximum Gasteiger partial charge on any atom is 0.276 e. The van der Waals surface area contributed by atoms with E-state index in [1.165, 1.54) is 0 Å². The van der Waals surface area contributed by atoms with Crippen molar-refractivity contribution in [2.75, 3.05) is 37.8 Å². The number of benzene rings is 2. The topological polar surface area (TPSA) is 79.4 Å². The number of carbonyl (C=O) groups excluding carboxylic acids is 1. The van der Waals surface area contributed by atoms with E-state index in [0.717, 1.165) is 24.4 Å². The largest absolute Gasteiger partial charge is 0.489 e. The Labute approximate surface area is 170 Å². The number of carbonyl (C=O) groups is 1. The van der Waals surface area contributed by atoms with E-state index in [1.807, 2.05) is 56.6 Å². The highest BCUT2D eigenvalue weighted by atomic mass is 16.5. The predicted molar refractivity (Wildman–Crippen MR) is 114 cm³/mol. The second-order valence-corrected chi connectivity index (χ2v) is 6.79. The fourth-order valence-corrected chi connectivity index (χ4v) is 2.53. The van der Waals surface area contributed by atoms with Crippen LogP contribution in [0.2, 0.25) is 0 Å². The molecule has 29 heavy (non-hydrogen) atoms. The zero-order valence-electron chi connectivity index (χ0n) is 16.6. The predicted octanol–water partition coefficient (Wildman–Crippen LogP) is 3.28. The molecule has 0 saturated heterocycles. The molecule has 0 radical (unpaired) electrons. The summed E-state index contributed by atoms with van der Waals surface area (Å²) in [6, 6.07) is 20.6. The summed E-state index contributed by atoms with van der Waals surface area (Å²) in [5, 5.41) is 14.0. The summed E-state index contributed by atoms with van der Waals surface area (Å²) in [5.41, 5.74) is 2.02. The van der Waals surface area contributed by atoms with Gasteiger partial charge in [0.15, 0.2) is 5.69 Å². The monoisotopic (exact) mass is 391 g/mol. The third kappa shape index (κ3) is 6.58. The van der Waals surface area contributed by atoms with Crippen molar-refractivity contribution >= 4 is 17.4 Å². The molecule has 1 amide bonds. The van der Waals surface area contributed by atoms with Crippen molar-refractivity contribution in [1.82, 2.24) is 15.1 Å². The van der Waals surface area contributed by atoms with Crippen molar-refractivity contribution in [2.24, 2.45) is 0 Å². The lowest BCUT2D eigenvalue weighted by Crippen LogP contribution is -2.21. The average Bonchev–Trinajstić information content (AvgIpc) is 2.74. The van der Waals surface area contributed by atoms with Gasteiger partial charge in [0.25, 0.3) is 5.91 Å². The Morgan fingerprint density at radius 1 is 0.966 bits per heavy atom. The Morgan fingerprint density at radius 2 is 1.72 bits per heavy atom. The summed E-state index contributed by atoms with van der Waals surface area (Å²) in [4.78, 5) is 14.4. The van der Waals surface area contributed by atoms with Gasteiger partial charge in [-0.25, -0.2) is 0 Å². The van der Waals surface area contributed by atoms with Gasteiger partial charge in [-0.1, -0.05) is 30.3 Å². The lowest BCUT2D eigenvalue weighted by atomic mass is 10.2. The van der Waals surface area contributed by atoms with Crippen LogP contribution in [0.3, 0.4) is 0 Å². The van der Waals surface area contributed by atoms with Crippen molar-refractivity contribution in [3.05, 3.63) is 78.0 Å². The molecule has 0 saturated carbocycles. The molecule has 0 fully saturated rings. The smallest absolute Gasteiger partial charge is 0.276 e. The Kier molecular flexibility index (Phi) is 7.13. The molecule has 2 aromatic carbocycles. The van der Waals surface area contributed by atoms with Crippen molar-refractivity contribution in [3.63, 3.8) is 0 Å². The fourth-order valence-electron chi connectivity index (χ4n) is 2.53. The van der Waals surface area contributed by atoms with Crippen LogP contribution < -0.4 is 15.4 Å². The van der Waals surface area contributed by atoms with Crippen molar-refractivity contribution in [3.8, 4) is 5.75 Å². The van der Waals surface area contributed by atoms with E-state index < -0.39 is 0 Å². The lowest BCUT2D eigenvalue weighted by molar-refractivity contribution is 0.102. The van der Waals surface area contributed by atoms with Gasteiger partial charge in [-0.2, -0.15) is 0 Å². The molecule has 0 aliphatic rings. The number of likely N-dealkylation sites (N-methyl/N-ethyl adjacent to an activating group) is 1. The zero-order valence-corrected chi connectivity index (χ0v) is 16.6. The molecule has 3 rings (SSSR count). The first-order valence-corrected chi connectivity index (χ1v) is 9.40. The molecule has 1 heterocycles. The summed E-state index contributed by atoms with van der Waals surface area (Å²) >= 11 is 0. The number of nitrogens with zero attached hydrogens (tertiary/aromatic N) is 3. The summed E-state index contributed by atoms with van der Waals surface area (Å²) in [6.45, 7) is 2.14. The van der Waals surface area contributed by atoms with Crippen LogP contribution in [0.5, 0.6) is 5.75 Å². The molecule has 0 aliphatic carbocycles. The van der Waals surface area contributed by atoms with Crippen molar-refractivity contribution < 1.29 is 9.53 Å². The molecule has 0 unspecified atom stereocenters. The van der Waals surface area contributed by atoms with E-state index in [1.54, 1.807) is 24.3 Å². The summed E-state index contributed by atoms with van der Waals surface area (Å²) in [6.07, 6.45) is 0. The summed E-state index contributed by atoms with van der Waals surface area (Å²) in [5.74, 6) is 1.07. The third-order valence-electron chi connectivity index (χ3n) is 4.12. The maximum absolute atomic E-state index is 12.4. The van der Waals surface area contributed by atoms with Crippen LogP contribution in [0, 0.1) is 0 Å². The molecule has 0 aliphatic heterocycles. The van der Waals surface area contributed by atoms with Crippen molar-refractivity contribution in [1.29, 1.82) is 0 Å². The van der Waals surface area contributed by atoms with Crippen LogP contribution in [0.1, 0.15) is 16.1 Å². The van der Waals surface area contributed by atoms with Crippen LogP contribution in [-0.2, 0) is 6.61 Å². The second-order valence-electron chi connectivity index (χ2n) is 6.79. The molecular weight excluding hydrogens is 366 g/mol. The highest BCUT2D eigenvalue weighted by molar-refractivity contribution is 6.02. The minimum absolute atomic E-state index is 0.257. The third-order valence-corrected chi connectivity index (χ3v) is 4.12. The Hall–Kier alpha value is -3.45. The second kappa shape index (κ2) is 10.2. The standard InChI is InChI=1S/C22H25N5O2/c1-27(2)15-14-23-21-13-12-20(25-26-21)22(28)24-18-8-10-19(11-9-18)29-16-17-6-4-3-5-7-17/h3-13H,14-16H2,1-2H3,(H,23,26)(H,24,28). The van der Waals surface area contributed by atoms with E-state index in [4.69, 9.17) is 4.74 Å². The van der Waals surface area contributed by atoms with Gasteiger partial charge in [0, 0.05) is 18.8 Å². The molecule has 0 spiro atoms. The van der Waals surface area contributed by atoms with Crippen molar-refractivity contribution in [2.45, 2.75) is 6.61 Å². The Balaban J connectivity index is 1.49. The number of ether oxygens (including phenoxy) is 1. The molecule has 3 aromatic rings. The van der Waals surface area contributed by atoms with Gasteiger partial charge in [-0.3, -0.25) is 4.79 Å². The minimum atomic E-state index is -0.310. The van der Waals surface area contributed by atoms with E-state index >= 15 is 0 Å². The quantitative estimate of drug-likeness (QED) is 0.583. The number of hydrogen-bond donors (Lipinski definition) is 2. The number of aromatic nitrogens is 2. The minimum Gasteiger partial charge on any atom is -0.489 e. The van der Waals surface area contributed by atoms with Crippen LogP contribution in [0.25, 0.3) is 0 Å².